The van der Waals surface area contributed by atoms with Gasteiger partial charge in [-0.1, -0.05) is 25.8 Å². The van der Waals surface area contributed by atoms with Crippen LogP contribution in [0.3, 0.4) is 0 Å². The molecule has 2 aliphatic rings. The zero-order valence-electron chi connectivity index (χ0n) is 11.2. The standard InChI is InChI=1S/C16H23NO/c1-2-16-8-4-3-5-12(15(16)17)9-11-6-7-13(18)10-14(11)16/h6-7,10,12,15,18H,2-5,8-9,17H2,1H3. The quantitative estimate of drug-likeness (QED) is 0.798. The van der Waals surface area contributed by atoms with Gasteiger partial charge in [0.1, 0.15) is 5.75 Å². The maximum atomic E-state index is 9.81. The molecule has 98 valence electrons. The molecule has 0 aliphatic heterocycles. The number of phenolic OH excluding ortho intramolecular Hbond substituents is 1. The van der Waals surface area contributed by atoms with Gasteiger partial charge in [-0.05, 0) is 54.9 Å². The molecule has 3 atom stereocenters. The van der Waals surface area contributed by atoms with Crippen molar-refractivity contribution in [3.8, 4) is 5.75 Å². The first kappa shape index (κ1) is 12.0. The predicted molar refractivity (Wildman–Crippen MR) is 73.7 cm³/mol. The van der Waals surface area contributed by atoms with Crippen molar-refractivity contribution < 1.29 is 5.11 Å². The Morgan fingerprint density at radius 2 is 2.22 bits per heavy atom. The van der Waals surface area contributed by atoms with Gasteiger partial charge in [0.05, 0.1) is 0 Å². The van der Waals surface area contributed by atoms with Crippen molar-refractivity contribution in [3.05, 3.63) is 29.3 Å². The molecular formula is C16H23NO. The Balaban J connectivity index is 2.18. The first-order valence-electron chi connectivity index (χ1n) is 7.25. The second kappa shape index (κ2) is 4.27. The molecule has 3 rings (SSSR count). The summed E-state index contributed by atoms with van der Waals surface area (Å²) in [5.41, 5.74) is 9.47. The van der Waals surface area contributed by atoms with E-state index in [1.165, 1.54) is 36.8 Å². The Kier molecular flexibility index (Phi) is 2.86. The molecule has 2 aliphatic carbocycles. The summed E-state index contributed by atoms with van der Waals surface area (Å²) < 4.78 is 0. The fraction of sp³-hybridized carbons (Fsp3) is 0.625. The maximum Gasteiger partial charge on any atom is 0.115 e. The molecule has 3 unspecified atom stereocenters. The van der Waals surface area contributed by atoms with Crippen LogP contribution in [-0.4, -0.2) is 11.1 Å². The second-order valence-electron chi connectivity index (χ2n) is 6.09. The maximum absolute atomic E-state index is 9.81. The highest BCUT2D eigenvalue weighted by Gasteiger charge is 2.46. The Bertz CT molecular complexity index is 456. The van der Waals surface area contributed by atoms with Gasteiger partial charge in [0, 0.05) is 11.5 Å². The summed E-state index contributed by atoms with van der Waals surface area (Å²) in [6.07, 6.45) is 7.20. The summed E-state index contributed by atoms with van der Waals surface area (Å²) in [5.74, 6) is 1.01. The average molecular weight is 245 g/mol. The van der Waals surface area contributed by atoms with Gasteiger partial charge in [0.25, 0.3) is 0 Å². The van der Waals surface area contributed by atoms with Gasteiger partial charge in [-0.15, -0.1) is 0 Å². The molecule has 0 heterocycles. The third kappa shape index (κ3) is 1.58. The minimum absolute atomic E-state index is 0.105. The van der Waals surface area contributed by atoms with E-state index in [0.29, 0.717) is 11.7 Å². The highest BCUT2D eigenvalue weighted by molar-refractivity contribution is 5.44. The molecule has 1 aromatic rings. The van der Waals surface area contributed by atoms with Crippen LogP contribution in [0.1, 0.15) is 50.2 Å². The number of benzene rings is 1. The van der Waals surface area contributed by atoms with Crippen molar-refractivity contribution in [2.45, 2.75) is 56.9 Å². The van der Waals surface area contributed by atoms with E-state index < -0.39 is 0 Å². The van der Waals surface area contributed by atoms with Crippen LogP contribution in [0.4, 0.5) is 0 Å². The summed E-state index contributed by atoms with van der Waals surface area (Å²) in [7, 11) is 0. The minimum atomic E-state index is 0.105. The molecule has 1 saturated carbocycles. The van der Waals surface area contributed by atoms with Crippen molar-refractivity contribution in [2.24, 2.45) is 11.7 Å². The summed E-state index contributed by atoms with van der Waals surface area (Å²) in [4.78, 5) is 0. The van der Waals surface area contributed by atoms with Gasteiger partial charge in [-0.3, -0.25) is 0 Å². The third-order valence-electron chi connectivity index (χ3n) is 5.34. The highest BCUT2D eigenvalue weighted by atomic mass is 16.3. The van der Waals surface area contributed by atoms with Crippen molar-refractivity contribution in [2.75, 3.05) is 0 Å². The fourth-order valence-electron chi connectivity index (χ4n) is 4.28. The van der Waals surface area contributed by atoms with Gasteiger partial charge < -0.3 is 10.8 Å². The number of hydrogen-bond donors (Lipinski definition) is 2. The van der Waals surface area contributed by atoms with E-state index in [2.05, 4.69) is 13.0 Å². The molecule has 0 spiro atoms. The van der Waals surface area contributed by atoms with E-state index in [9.17, 15) is 5.11 Å². The molecule has 18 heavy (non-hydrogen) atoms. The van der Waals surface area contributed by atoms with Crippen LogP contribution in [0.5, 0.6) is 5.75 Å². The zero-order valence-corrected chi connectivity index (χ0v) is 11.2. The first-order chi connectivity index (χ1) is 8.67. The lowest BCUT2D eigenvalue weighted by Gasteiger charge is -2.46. The van der Waals surface area contributed by atoms with Crippen LogP contribution in [0.2, 0.25) is 0 Å². The molecule has 0 aromatic heterocycles. The third-order valence-corrected chi connectivity index (χ3v) is 5.34. The van der Waals surface area contributed by atoms with Gasteiger partial charge >= 0.3 is 0 Å². The Hall–Kier alpha value is -1.02. The summed E-state index contributed by atoms with van der Waals surface area (Å²) >= 11 is 0. The van der Waals surface area contributed by atoms with Crippen LogP contribution in [0.25, 0.3) is 0 Å². The molecule has 1 fully saturated rings. The van der Waals surface area contributed by atoms with Crippen LogP contribution >= 0.6 is 0 Å². The highest BCUT2D eigenvalue weighted by Crippen LogP contribution is 2.49. The van der Waals surface area contributed by atoms with E-state index >= 15 is 0 Å². The lowest BCUT2D eigenvalue weighted by atomic mass is 9.61. The molecule has 0 radical (unpaired) electrons. The summed E-state index contributed by atoms with van der Waals surface area (Å²) in [6, 6.07) is 6.17. The lowest BCUT2D eigenvalue weighted by molar-refractivity contribution is 0.227. The van der Waals surface area contributed by atoms with Gasteiger partial charge in [0.15, 0.2) is 0 Å². The molecule has 0 amide bonds. The van der Waals surface area contributed by atoms with Crippen LogP contribution in [0, 0.1) is 5.92 Å². The van der Waals surface area contributed by atoms with E-state index in [0.717, 1.165) is 12.8 Å². The normalized spacial score (nSPS) is 34.8. The molecule has 0 saturated heterocycles. The molecular weight excluding hydrogens is 222 g/mol. The van der Waals surface area contributed by atoms with Gasteiger partial charge in [-0.2, -0.15) is 0 Å². The topological polar surface area (TPSA) is 46.2 Å². The molecule has 3 N–H and O–H groups in total. The van der Waals surface area contributed by atoms with Crippen molar-refractivity contribution in [1.29, 1.82) is 0 Å². The summed E-state index contributed by atoms with van der Waals surface area (Å²) in [6.45, 7) is 2.25. The van der Waals surface area contributed by atoms with Gasteiger partial charge in [-0.25, -0.2) is 0 Å². The van der Waals surface area contributed by atoms with Crippen molar-refractivity contribution >= 4 is 0 Å². The number of hydrogen-bond acceptors (Lipinski definition) is 2. The van der Waals surface area contributed by atoms with E-state index in [1.807, 2.05) is 12.1 Å². The van der Waals surface area contributed by atoms with Crippen LogP contribution in [-0.2, 0) is 11.8 Å². The van der Waals surface area contributed by atoms with Crippen LogP contribution in [0.15, 0.2) is 18.2 Å². The number of fused-ring (bicyclic) bond motifs is 4. The first-order valence-corrected chi connectivity index (χ1v) is 7.25. The average Bonchev–Trinajstić information content (AvgIpc) is 2.48. The lowest BCUT2D eigenvalue weighted by Crippen LogP contribution is -2.52. The molecule has 2 heteroatoms. The van der Waals surface area contributed by atoms with Crippen molar-refractivity contribution in [3.63, 3.8) is 0 Å². The SMILES string of the molecule is CCC12CCCCC(Cc3ccc(O)cc31)C2N. The smallest absolute Gasteiger partial charge is 0.115 e. The largest absolute Gasteiger partial charge is 0.508 e. The number of nitrogens with two attached hydrogens (primary N) is 1. The zero-order chi connectivity index (χ0) is 12.8. The minimum Gasteiger partial charge on any atom is -0.508 e. The van der Waals surface area contributed by atoms with E-state index in [-0.39, 0.29) is 11.5 Å². The van der Waals surface area contributed by atoms with E-state index in [1.54, 1.807) is 0 Å². The Morgan fingerprint density at radius 3 is 3.00 bits per heavy atom. The molecule has 2 nitrogen and oxygen atoms in total. The second-order valence-corrected chi connectivity index (χ2v) is 6.09. The number of phenols is 1. The number of rotatable bonds is 1. The number of aromatic hydroxyl groups is 1. The fourth-order valence-corrected chi connectivity index (χ4v) is 4.28. The van der Waals surface area contributed by atoms with E-state index in [4.69, 9.17) is 5.73 Å². The van der Waals surface area contributed by atoms with Crippen molar-refractivity contribution in [1.82, 2.24) is 0 Å². The Labute approximate surface area is 109 Å². The summed E-state index contributed by atoms with van der Waals surface area (Å²) in [5, 5.41) is 9.81. The van der Waals surface area contributed by atoms with Gasteiger partial charge in [0.2, 0.25) is 0 Å². The molecule has 2 bridgehead atoms. The molecule has 1 aromatic carbocycles. The van der Waals surface area contributed by atoms with Crippen LogP contribution < -0.4 is 5.73 Å². The Morgan fingerprint density at radius 1 is 1.39 bits per heavy atom. The predicted octanol–water partition coefficient (Wildman–Crippen LogP) is 3.11. The monoisotopic (exact) mass is 245 g/mol.